The van der Waals surface area contributed by atoms with E-state index in [9.17, 15) is 4.79 Å². The lowest BCUT2D eigenvalue weighted by Crippen LogP contribution is -2.21. The zero-order valence-corrected chi connectivity index (χ0v) is 20.5. The Hall–Kier alpha value is -4.37. The van der Waals surface area contributed by atoms with Gasteiger partial charge < -0.3 is 20.5 Å². The predicted octanol–water partition coefficient (Wildman–Crippen LogP) is 5.41. The first-order valence-electron chi connectivity index (χ1n) is 11.6. The maximum absolute atomic E-state index is 12.9. The molecule has 4 aromatic rings. The molecule has 2 aromatic carbocycles. The van der Waals surface area contributed by atoms with Crippen molar-refractivity contribution in [1.29, 1.82) is 0 Å². The van der Waals surface area contributed by atoms with Gasteiger partial charge in [0.2, 0.25) is 0 Å². The van der Waals surface area contributed by atoms with Crippen molar-refractivity contribution in [3.63, 3.8) is 0 Å². The van der Waals surface area contributed by atoms with Gasteiger partial charge in [0.25, 0.3) is 0 Å². The van der Waals surface area contributed by atoms with Crippen molar-refractivity contribution in [2.75, 3.05) is 29.1 Å². The zero-order valence-electron chi connectivity index (χ0n) is 20.5. The minimum atomic E-state index is -0.394. The second-order valence-electron chi connectivity index (χ2n) is 9.17. The number of carbonyl (C=O) groups excluding carboxylic acids is 1. The molecule has 0 fully saturated rings. The normalized spacial score (nSPS) is 11.1. The Morgan fingerprint density at radius 2 is 1.67 bits per heavy atom. The van der Waals surface area contributed by atoms with Crippen molar-refractivity contribution in [3.8, 4) is 17.2 Å². The monoisotopic (exact) mass is 486 g/mol. The van der Waals surface area contributed by atoms with Gasteiger partial charge in [-0.3, -0.25) is 10.3 Å². The average Bonchev–Trinajstić information content (AvgIpc) is 3.29. The van der Waals surface area contributed by atoms with Gasteiger partial charge in [0.1, 0.15) is 17.3 Å². The summed E-state index contributed by atoms with van der Waals surface area (Å²) in [6.45, 7) is 6.68. The Balaban J connectivity index is 1.50. The number of anilines is 3. The van der Waals surface area contributed by atoms with Gasteiger partial charge in [-0.05, 0) is 54.6 Å². The Kier molecular flexibility index (Phi) is 7.50. The molecule has 0 atom stereocenters. The van der Waals surface area contributed by atoms with E-state index in [1.54, 1.807) is 53.5 Å². The molecule has 4 N–H and O–H groups in total. The summed E-state index contributed by atoms with van der Waals surface area (Å²) in [5.74, 6) is 1.87. The molecule has 186 valence electrons. The number of benzene rings is 2. The molecule has 4 rings (SSSR count). The fourth-order valence-electron chi connectivity index (χ4n) is 3.41. The summed E-state index contributed by atoms with van der Waals surface area (Å²) >= 11 is 0. The molecule has 2 aromatic heterocycles. The number of carbonyl (C=O) groups is 1. The van der Waals surface area contributed by atoms with Crippen molar-refractivity contribution in [1.82, 2.24) is 14.8 Å². The SMILES string of the molecule is CC(C)(C)c1cc(NC(=O)Nc2ccc(Oc3ccncc3)cc2)n(-c2cccc(NCCO)c2)n1. The minimum absolute atomic E-state index is 0.0317. The minimum Gasteiger partial charge on any atom is -0.457 e. The fraction of sp³-hybridized carbons (Fsp3) is 0.222. The molecule has 0 saturated heterocycles. The van der Waals surface area contributed by atoms with Crippen molar-refractivity contribution < 1.29 is 14.6 Å². The smallest absolute Gasteiger partial charge is 0.324 e. The topological polar surface area (TPSA) is 113 Å². The number of pyridine rings is 1. The first-order chi connectivity index (χ1) is 17.3. The Morgan fingerprint density at radius 3 is 2.36 bits per heavy atom. The highest BCUT2D eigenvalue weighted by Crippen LogP contribution is 2.28. The number of rotatable bonds is 8. The molecule has 9 nitrogen and oxygen atoms in total. The molecule has 0 unspecified atom stereocenters. The van der Waals surface area contributed by atoms with Crippen LogP contribution in [0.25, 0.3) is 5.69 Å². The number of nitrogens with zero attached hydrogens (tertiary/aromatic N) is 3. The summed E-state index contributed by atoms with van der Waals surface area (Å²) < 4.78 is 7.47. The standard InChI is InChI=1S/C27H30N6O3/c1-27(2,3)24-18-25(33(32-24)21-6-4-5-20(17-21)29-15-16-34)31-26(35)30-19-7-9-22(10-8-19)36-23-11-13-28-14-12-23/h4-14,17-18,29,34H,15-16H2,1-3H3,(H2,30,31,35). The number of aromatic nitrogens is 3. The van der Waals surface area contributed by atoms with E-state index in [0.717, 1.165) is 17.1 Å². The van der Waals surface area contributed by atoms with Crippen molar-refractivity contribution in [2.45, 2.75) is 26.2 Å². The molecule has 0 aliphatic rings. The highest BCUT2D eigenvalue weighted by atomic mass is 16.5. The molecule has 0 bridgehead atoms. The summed E-state index contributed by atoms with van der Waals surface area (Å²) in [7, 11) is 0. The summed E-state index contributed by atoms with van der Waals surface area (Å²) in [5.41, 5.74) is 2.87. The van der Waals surface area contributed by atoms with Gasteiger partial charge in [-0.2, -0.15) is 5.10 Å². The van der Waals surface area contributed by atoms with E-state index in [1.807, 2.05) is 30.3 Å². The molecular weight excluding hydrogens is 456 g/mol. The molecule has 0 aliphatic heterocycles. The Morgan fingerprint density at radius 1 is 0.944 bits per heavy atom. The number of aliphatic hydroxyl groups excluding tert-OH is 1. The molecule has 2 amide bonds. The first-order valence-corrected chi connectivity index (χ1v) is 11.6. The van der Waals surface area contributed by atoms with E-state index >= 15 is 0 Å². The van der Waals surface area contributed by atoms with E-state index < -0.39 is 6.03 Å². The maximum Gasteiger partial charge on any atom is 0.324 e. The molecule has 36 heavy (non-hydrogen) atoms. The van der Waals surface area contributed by atoms with Crippen LogP contribution in [0.15, 0.2) is 79.1 Å². The third-order valence-electron chi connectivity index (χ3n) is 5.25. The summed E-state index contributed by atoms with van der Waals surface area (Å²) in [6, 6.07) is 19.8. The molecular formula is C27H30N6O3. The lowest BCUT2D eigenvalue weighted by Gasteiger charge is -2.14. The maximum atomic E-state index is 12.9. The second-order valence-corrected chi connectivity index (χ2v) is 9.17. The van der Waals surface area contributed by atoms with Gasteiger partial charge in [0, 0.05) is 41.8 Å². The molecule has 0 aliphatic carbocycles. The van der Waals surface area contributed by atoms with Crippen LogP contribution in [0.3, 0.4) is 0 Å². The number of hydrogen-bond donors (Lipinski definition) is 4. The third-order valence-corrected chi connectivity index (χ3v) is 5.25. The van der Waals surface area contributed by atoms with Crippen molar-refractivity contribution in [2.24, 2.45) is 0 Å². The summed E-state index contributed by atoms with van der Waals surface area (Å²) in [6.07, 6.45) is 3.32. The number of urea groups is 1. The lowest BCUT2D eigenvalue weighted by molar-refractivity contribution is 0.262. The van der Waals surface area contributed by atoms with Crippen LogP contribution >= 0.6 is 0 Å². The van der Waals surface area contributed by atoms with Gasteiger partial charge in [-0.1, -0.05) is 26.8 Å². The van der Waals surface area contributed by atoms with E-state index in [1.165, 1.54) is 0 Å². The van der Waals surface area contributed by atoms with Gasteiger partial charge in [0.05, 0.1) is 18.0 Å². The molecule has 0 spiro atoms. The quantitative estimate of drug-likeness (QED) is 0.265. The lowest BCUT2D eigenvalue weighted by atomic mass is 9.92. The van der Waals surface area contributed by atoms with E-state index in [0.29, 0.717) is 29.5 Å². The molecule has 9 heteroatoms. The molecule has 0 saturated carbocycles. The summed E-state index contributed by atoms with van der Waals surface area (Å²) in [4.78, 5) is 16.8. The average molecular weight is 487 g/mol. The zero-order chi connectivity index (χ0) is 25.5. The van der Waals surface area contributed by atoms with Crippen LogP contribution in [0, 0.1) is 0 Å². The second kappa shape index (κ2) is 10.9. The molecule has 2 heterocycles. The van der Waals surface area contributed by atoms with Crippen LogP contribution in [-0.2, 0) is 5.41 Å². The van der Waals surface area contributed by atoms with Crippen LogP contribution in [0.4, 0.5) is 22.0 Å². The predicted molar refractivity (Wildman–Crippen MR) is 141 cm³/mol. The highest BCUT2D eigenvalue weighted by molar-refractivity contribution is 5.99. The van der Waals surface area contributed by atoms with E-state index in [2.05, 4.69) is 41.7 Å². The van der Waals surface area contributed by atoms with Crippen LogP contribution in [0.2, 0.25) is 0 Å². The number of nitrogens with one attached hydrogen (secondary N) is 3. The Bertz CT molecular complexity index is 1300. The van der Waals surface area contributed by atoms with Crippen molar-refractivity contribution in [3.05, 3.63) is 84.8 Å². The van der Waals surface area contributed by atoms with E-state index in [-0.39, 0.29) is 12.0 Å². The first kappa shape index (κ1) is 24.7. The van der Waals surface area contributed by atoms with Crippen LogP contribution in [0.5, 0.6) is 11.5 Å². The van der Waals surface area contributed by atoms with Gasteiger partial charge in [0.15, 0.2) is 0 Å². The number of aliphatic hydroxyl groups is 1. The van der Waals surface area contributed by atoms with Gasteiger partial charge in [-0.25, -0.2) is 9.48 Å². The number of ether oxygens (including phenoxy) is 1. The number of hydrogen-bond acceptors (Lipinski definition) is 6. The van der Waals surface area contributed by atoms with Crippen LogP contribution in [-0.4, -0.2) is 39.1 Å². The van der Waals surface area contributed by atoms with Crippen LogP contribution in [0.1, 0.15) is 26.5 Å². The third kappa shape index (κ3) is 6.39. The van der Waals surface area contributed by atoms with Crippen molar-refractivity contribution >= 4 is 23.2 Å². The molecule has 0 radical (unpaired) electrons. The number of amides is 2. The van der Waals surface area contributed by atoms with Gasteiger partial charge >= 0.3 is 6.03 Å². The van der Waals surface area contributed by atoms with Gasteiger partial charge in [-0.15, -0.1) is 0 Å². The van der Waals surface area contributed by atoms with E-state index in [4.69, 9.17) is 14.9 Å². The fourth-order valence-corrected chi connectivity index (χ4v) is 3.41. The van der Waals surface area contributed by atoms with Crippen LogP contribution < -0.4 is 20.7 Å². The highest BCUT2D eigenvalue weighted by Gasteiger charge is 2.21. The Labute approximate surface area is 210 Å². The summed E-state index contributed by atoms with van der Waals surface area (Å²) in [5, 5.41) is 22.8. The largest absolute Gasteiger partial charge is 0.457 e.